The molecule has 2 amide bonds. The third kappa shape index (κ3) is 4.68. The van der Waals surface area contributed by atoms with Crippen LogP contribution in [0, 0.1) is 6.92 Å². The summed E-state index contributed by atoms with van der Waals surface area (Å²) in [4.78, 5) is 24.4. The van der Waals surface area contributed by atoms with Crippen molar-refractivity contribution in [2.45, 2.75) is 26.7 Å². The Kier molecular flexibility index (Phi) is 5.92. The van der Waals surface area contributed by atoms with Crippen molar-refractivity contribution in [3.63, 3.8) is 0 Å². The molecule has 0 atom stereocenters. The Morgan fingerprint density at radius 1 is 0.957 bits per heavy atom. The minimum atomic E-state index is -0.220. The van der Waals surface area contributed by atoms with Crippen molar-refractivity contribution >= 4 is 17.5 Å². The number of para-hydroxylation sites is 1. The number of rotatable bonds is 6. The van der Waals surface area contributed by atoms with Crippen molar-refractivity contribution in [1.29, 1.82) is 0 Å². The molecule has 0 saturated heterocycles. The van der Waals surface area contributed by atoms with E-state index in [4.69, 9.17) is 0 Å². The first-order valence-electron chi connectivity index (χ1n) is 7.87. The summed E-state index contributed by atoms with van der Waals surface area (Å²) in [5.41, 5.74) is 2.74. The zero-order valence-electron chi connectivity index (χ0n) is 13.6. The molecule has 0 bridgehead atoms. The zero-order valence-corrected chi connectivity index (χ0v) is 13.6. The van der Waals surface area contributed by atoms with Crippen molar-refractivity contribution in [2.75, 3.05) is 11.9 Å². The minimum absolute atomic E-state index is 0.149. The molecule has 0 unspecified atom stereocenters. The Bertz CT molecular complexity index is 695. The SMILES string of the molecule is CCCCNC(=O)c1cccc(C(=O)Nc2ccccc2C)c1. The van der Waals surface area contributed by atoms with Crippen LogP contribution >= 0.6 is 0 Å². The first-order valence-corrected chi connectivity index (χ1v) is 7.87. The van der Waals surface area contributed by atoms with E-state index in [0.29, 0.717) is 17.7 Å². The van der Waals surface area contributed by atoms with Crippen LogP contribution in [0.25, 0.3) is 0 Å². The van der Waals surface area contributed by atoms with E-state index in [1.807, 2.05) is 31.2 Å². The summed E-state index contributed by atoms with van der Waals surface area (Å²) in [7, 11) is 0. The van der Waals surface area contributed by atoms with Crippen LogP contribution in [0.2, 0.25) is 0 Å². The molecular formula is C19H22N2O2. The van der Waals surface area contributed by atoms with Crippen molar-refractivity contribution in [1.82, 2.24) is 5.32 Å². The molecule has 4 heteroatoms. The maximum Gasteiger partial charge on any atom is 0.255 e. The maximum absolute atomic E-state index is 12.4. The van der Waals surface area contributed by atoms with E-state index in [-0.39, 0.29) is 11.8 Å². The van der Waals surface area contributed by atoms with Crippen molar-refractivity contribution in [3.05, 3.63) is 65.2 Å². The van der Waals surface area contributed by atoms with Gasteiger partial charge in [0.05, 0.1) is 0 Å². The van der Waals surface area contributed by atoms with E-state index in [2.05, 4.69) is 17.6 Å². The fraction of sp³-hybridized carbons (Fsp3) is 0.263. The molecule has 120 valence electrons. The molecule has 0 fully saturated rings. The highest BCUT2D eigenvalue weighted by Gasteiger charge is 2.11. The van der Waals surface area contributed by atoms with E-state index in [1.54, 1.807) is 24.3 Å². The topological polar surface area (TPSA) is 58.2 Å². The average molecular weight is 310 g/mol. The zero-order chi connectivity index (χ0) is 16.7. The van der Waals surface area contributed by atoms with Gasteiger partial charge in [-0.05, 0) is 43.2 Å². The lowest BCUT2D eigenvalue weighted by molar-refractivity contribution is 0.0953. The number of nitrogens with one attached hydrogen (secondary N) is 2. The molecular weight excluding hydrogens is 288 g/mol. The van der Waals surface area contributed by atoms with Crippen LogP contribution in [0.4, 0.5) is 5.69 Å². The number of anilines is 1. The lowest BCUT2D eigenvalue weighted by atomic mass is 10.1. The van der Waals surface area contributed by atoms with Gasteiger partial charge in [0, 0.05) is 23.4 Å². The predicted octanol–water partition coefficient (Wildman–Crippen LogP) is 3.78. The van der Waals surface area contributed by atoms with Gasteiger partial charge in [-0.2, -0.15) is 0 Å². The van der Waals surface area contributed by atoms with Crippen LogP contribution in [-0.2, 0) is 0 Å². The Balaban J connectivity index is 2.08. The van der Waals surface area contributed by atoms with Gasteiger partial charge in [0.2, 0.25) is 0 Å². The van der Waals surface area contributed by atoms with Gasteiger partial charge in [0.15, 0.2) is 0 Å². The van der Waals surface area contributed by atoms with E-state index in [0.717, 1.165) is 24.1 Å². The number of carbonyl (C=O) groups excluding carboxylic acids is 2. The van der Waals surface area contributed by atoms with Crippen molar-refractivity contribution in [2.24, 2.45) is 0 Å². The highest BCUT2D eigenvalue weighted by Crippen LogP contribution is 2.15. The number of benzene rings is 2. The predicted molar refractivity (Wildman–Crippen MR) is 92.8 cm³/mol. The highest BCUT2D eigenvalue weighted by molar-refractivity contribution is 6.06. The smallest absolute Gasteiger partial charge is 0.255 e. The summed E-state index contributed by atoms with van der Waals surface area (Å²) in [6.45, 7) is 4.66. The van der Waals surface area contributed by atoms with Gasteiger partial charge in [-0.3, -0.25) is 9.59 Å². The van der Waals surface area contributed by atoms with E-state index in [1.165, 1.54) is 0 Å². The molecule has 2 aromatic carbocycles. The maximum atomic E-state index is 12.4. The molecule has 2 N–H and O–H groups in total. The third-order valence-electron chi connectivity index (χ3n) is 3.60. The number of aryl methyl sites for hydroxylation is 1. The largest absolute Gasteiger partial charge is 0.352 e. The standard InChI is InChI=1S/C19H22N2O2/c1-3-4-12-20-18(22)15-9-7-10-16(13-15)19(23)21-17-11-6-5-8-14(17)2/h5-11,13H,3-4,12H2,1-2H3,(H,20,22)(H,21,23). The fourth-order valence-electron chi connectivity index (χ4n) is 2.19. The van der Waals surface area contributed by atoms with E-state index >= 15 is 0 Å². The Labute approximate surface area is 136 Å². The molecule has 0 heterocycles. The quantitative estimate of drug-likeness (QED) is 0.798. The van der Waals surface area contributed by atoms with Gasteiger partial charge >= 0.3 is 0 Å². The lowest BCUT2D eigenvalue weighted by Crippen LogP contribution is -2.24. The van der Waals surface area contributed by atoms with Crippen LogP contribution in [-0.4, -0.2) is 18.4 Å². The second-order valence-electron chi connectivity index (χ2n) is 5.46. The molecule has 0 spiro atoms. The summed E-state index contributed by atoms with van der Waals surface area (Å²) in [5.74, 6) is -0.369. The molecule has 23 heavy (non-hydrogen) atoms. The minimum Gasteiger partial charge on any atom is -0.352 e. The van der Waals surface area contributed by atoms with Crippen LogP contribution < -0.4 is 10.6 Å². The number of amides is 2. The Morgan fingerprint density at radius 3 is 2.35 bits per heavy atom. The molecule has 2 aromatic rings. The first-order chi connectivity index (χ1) is 11.1. The second-order valence-corrected chi connectivity index (χ2v) is 5.46. The van der Waals surface area contributed by atoms with Crippen LogP contribution in [0.15, 0.2) is 48.5 Å². The van der Waals surface area contributed by atoms with E-state index in [9.17, 15) is 9.59 Å². The number of hydrogen-bond donors (Lipinski definition) is 2. The van der Waals surface area contributed by atoms with Gasteiger partial charge < -0.3 is 10.6 Å². The van der Waals surface area contributed by atoms with Crippen LogP contribution in [0.1, 0.15) is 46.0 Å². The van der Waals surface area contributed by atoms with Gasteiger partial charge in [-0.15, -0.1) is 0 Å². The monoisotopic (exact) mass is 310 g/mol. The van der Waals surface area contributed by atoms with Gasteiger partial charge in [0.25, 0.3) is 11.8 Å². The summed E-state index contributed by atoms with van der Waals surface area (Å²) in [6.07, 6.45) is 1.97. The molecule has 0 radical (unpaired) electrons. The first kappa shape index (κ1) is 16.7. The van der Waals surface area contributed by atoms with Gasteiger partial charge in [-0.1, -0.05) is 37.6 Å². The molecule has 2 rings (SSSR count). The number of carbonyl (C=O) groups is 2. The summed E-state index contributed by atoms with van der Waals surface area (Å²) < 4.78 is 0. The van der Waals surface area contributed by atoms with Crippen molar-refractivity contribution < 1.29 is 9.59 Å². The third-order valence-corrected chi connectivity index (χ3v) is 3.60. The molecule has 0 aliphatic carbocycles. The second kappa shape index (κ2) is 8.13. The lowest BCUT2D eigenvalue weighted by Gasteiger charge is -2.09. The van der Waals surface area contributed by atoms with E-state index < -0.39 is 0 Å². The average Bonchev–Trinajstić information content (AvgIpc) is 2.57. The van der Waals surface area contributed by atoms with Gasteiger partial charge in [-0.25, -0.2) is 0 Å². The molecule has 0 saturated carbocycles. The van der Waals surface area contributed by atoms with Gasteiger partial charge in [0.1, 0.15) is 0 Å². The normalized spacial score (nSPS) is 10.2. The highest BCUT2D eigenvalue weighted by atomic mass is 16.2. The summed E-state index contributed by atoms with van der Waals surface area (Å²) in [6, 6.07) is 14.4. The molecule has 0 aromatic heterocycles. The summed E-state index contributed by atoms with van der Waals surface area (Å²) in [5, 5.41) is 5.73. The van der Waals surface area contributed by atoms with Crippen molar-refractivity contribution in [3.8, 4) is 0 Å². The fourth-order valence-corrected chi connectivity index (χ4v) is 2.19. The van der Waals surface area contributed by atoms with Crippen LogP contribution in [0.3, 0.4) is 0 Å². The number of hydrogen-bond acceptors (Lipinski definition) is 2. The summed E-state index contributed by atoms with van der Waals surface area (Å²) >= 11 is 0. The molecule has 0 aliphatic heterocycles. The number of unbranched alkanes of at least 4 members (excludes halogenated alkanes) is 1. The molecule has 0 aliphatic rings. The molecule has 4 nitrogen and oxygen atoms in total. The Hall–Kier alpha value is -2.62. The Morgan fingerprint density at radius 2 is 1.65 bits per heavy atom. The van der Waals surface area contributed by atoms with Crippen LogP contribution in [0.5, 0.6) is 0 Å².